The number of fused-ring (bicyclic) bond motifs is 6. The number of nitrogens with zero attached hydrogens (tertiary/aromatic N) is 3. The molecule has 2 heterocycles. The standard InChI is InChI=1S/C52H33N3S/c1-4-15-35(16-5-1)49-53-50(36-29-27-34(28-30-36)40-23-14-26-47-48(40)43-22-11-13-25-46(43)56-47)55-51(54-49)37-31-32-42-41-21-10-12-24-44(41)52(45(42)33-37,38-17-6-2-7-18-38)39-19-8-3-9-20-39/h1-33H. The van der Waals surface area contributed by atoms with Gasteiger partial charge in [0.25, 0.3) is 0 Å². The average molecular weight is 732 g/mol. The highest BCUT2D eigenvalue weighted by Gasteiger charge is 2.46. The van der Waals surface area contributed by atoms with Crippen molar-refractivity contribution in [3.63, 3.8) is 0 Å². The lowest BCUT2D eigenvalue weighted by Gasteiger charge is -2.34. The van der Waals surface area contributed by atoms with Crippen LogP contribution in [0, 0.1) is 0 Å². The third-order valence-corrected chi connectivity index (χ3v) is 12.4. The van der Waals surface area contributed by atoms with Crippen molar-refractivity contribution in [1.29, 1.82) is 0 Å². The first-order chi connectivity index (χ1) is 27.8. The zero-order valence-corrected chi connectivity index (χ0v) is 31.1. The Morgan fingerprint density at radius 2 is 0.839 bits per heavy atom. The van der Waals surface area contributed by atoms with E-state index in [1.165, 1.54) is 59.1 Å². The van der Waals surface area contributed by atoms with Gasteiger partial charge in [-0.15, -0.1) is 11.3 Å². The Morgan fingerprint density at radius 1 is 0.339 bits per heavy atom. The van der Waals surface area contributed by atoms with E-state index >= 15 is 0 Å². The molecule has 10 aromatic rings. The van der Waals surface area contributed by atoms with Gasteiger partial charge in [0.05, 0.1) is 5.41 Å². The van der Waals surface area contributed by atoms with Crippen LogP contribution in [0.5, 0.6) is 0 Å². The highest BCUT2D eigenvalue weighted by Crippen LogP contribution is 2.56. The Bertz CT molecular complexity index is 3020. The van der Waals surface area contributed by atoms with Gasteiger partial charge in [0, 0.05) is 36.9 Å². The zero-order chi connectivity index (χ0) is 37.1. The molecule has 0 atom stereocenters. The van der Waals surface area contributed by atoms with E-state index in [0.29, 0.717) is 17.5 Å². The van der Waals surface area contributed by atoms with E-state index in [1.807, 2.05) is 29.5 Å². The van der Waals surface area contributed by atoms with Crippen LogP contribution in [-0.4, -0.2) is 15.0 Å². The second-order valence-corrected chi connectivity index (χ2v) is 15.4. The fourth-order valence-corrected chi connectivity index (χ4v) is 9.88. The first-order valence-electron chi connectivity index (χ1n) is 18.9. The summed E-state index contributed by atoms with van der Waals surface area (Å²) in [5.41, 5.74) is 12.1. The minimum atomic E-state index is -0.519. The van der Waals surface area contributed by atoms with Crippen molar-refractivity contribution in [3.8, 4) is 56.4 Å². The van der Waals surface area contributed by atoms with Crippen LogP contribution in [-0.2, 0) is 5.41 Å². The number of thiophene rings is 1. The molecule has 0 saturated carbocycles. The van der Waals surface area contributed by atoms with Crippen LogP contribution in [0.25, 0.3) is 76.6 Å². The SMILES string of the molecule is c1ccc(-c2nc(-c3ccc(-c4cccc5sc6ccccc6c45)cc3)nc(-c3ccc4c(c3)C(c3ccccc3)(c3ccccc3)c3ccccc3-4)n2)cc1. The average Bonchev–Trinajstić information content (AvgIpc) is 3.81. The molecule has 1 aliphatic rings. The highest BCUT2D eigenvalue weighted by molar-refractivity contribution is 7.25. The van der Waals surface area contributed by atoms with Gasteiger partial charge in [-0.25, -0.2) is 15.0 Å². The molecule has 0 aliphatic heterocycles. The van der Waals surface area contributed by atoms with Gasteiger partial charge in [-0.2, -0.15) is 0 Å². The molecule has 0 amide bonds. The molecule has 0 radical (unpaired) electrons. The van der Waals surface area contributed by atoms with Crippen molar-refractivity contribution in [2.45, 2.75) is 5.41 Å². The van der Waals surface area contributed by atoms with Gasteiger partial charge < -0.3 is 0 Å². The molecule has 262 valence electrons. The van der Waals surface area contributed by atoms with Crippen LogP contribution in [0.4, 0.5) is 0 Å². The zero-order valence-electron chi connectivity index (χ0n) is 30.3. The Morgan fingerprint density at radius 3 is 1.55 bits per heavy atom. The van der Waals surface area contributed by atoms with Crippen LogP contribution >= 0.6 is 11.3 Å². The van der Waals surface area contributed by atoms with E-state index < -0.39 is 5.41 Å². The fourth-order valence-electron chi connectivity index (χ4n) is 8.75. The second kappa shape index (κ2) is 13.1. The number of hydrogen-bond donors (Lipinski definition) is 0. The van der Waals surface area contributed by atoms with Crippen LogP contribution in [0.15, 0.2) is 200 Å². The molecular formula is C52H33N3S. The summed E-state index contributed by atoms with van der Waals surface area (Å²) in [6.07, 6.45) is 0. The number of aromatic nitrogens is 3. The summed E-state index contributed by atoms with van der Waals surface area (Å²) >= 11 is 1.84. The van der Waals surface area contributed by atoms with E-state index in [4.69, 9.17) is 15.0 Å². The molecule has 4 heteroatoms. The molecule has 1 aliphatic carbocycles. The Balaban J connectivity index is 1.08. The van der Waals surface area contributed by atoms with Crippen molar-refractivity contribution in [2.24, 2.45) is 0 Å². The van der Waals surface area contributed by atoms with Crippen molar-refractivity contribution in [1.82, 2.24) is 15.0 Å². The summed E-state index contributed by atoms with van der Waals surface area (Å²) in [5, 5.41) is 2.60. The molecule has 11 rings (SSSR count). The second-order valence-electron chi connectivity index (χ2n) is 14.3. The van der Waals surface area contributed by atoms with Gasteiger partial charge >= 0.3 is 0 Å². The molecule has 2 aromatic heterocycles. The first-order valence-corrected chi connectivity index (χ1v) is 19.8. The van der Waals surface area contributed by atoms with Crippen molar-refractivity contribution in [3.05, 3.63) is 222 Å². The molecule has 0 saturated heterocycles. The lowest BCUT2D eigenvalue weighted by atomic mass is 9.67. The van der Waals surface area contributed by atoms with Crippen LogP contribution in [0.1, 0.15) is 22.3 Å². The predicted molar refractivity (Wildman–Crippen MR) is 232 cm³/mol. The normalized spacial score (nSPS) is 12.8. The van der Waals surface area contributed by atoms with E-state index in [2.05, 4.69) is 182 Å². The van der Waals surface area contributed by atoms with Crippen molar-refractivity contribution in [2.75, 3.05) is 0 Å². The summed E-state index contributed by atoms with van der Waals surface area (Å²) in [4.78, 5) is 15.5. The van der Waals surface area contributed by atoms with Gasteiger partial charge in [0.2, 0.25) is 0 Å². The number of benzene rings is 8. The minimum Gasteiger partial charge on any atom is -0.208 e. The highest BCUT2D eigenvalue weighted by atomic mass is 32.1. The molecular weight excluding hydrogens is 699 g/mol. The molecule has 8 aromatic carbocycles. The van der Waals surface area contributed by atoms with E-state index in [0.717, 1.165) is 22.3 Å². The number of rotatable bonds is 6. The van der Waals surface area contributed by atoms with Crippen LogP contribution in [0.3, 0.4) is 0 Å². The number of hydrogen-bond acceptors (Lipinski definition) is 4. The maximum Gasteiger partial charge on any atom is 0.164 e. The molecule has 0 fully saturated rings. The Kier molecular flexibility index (Phi) is 7.58. The van der Waals surface area contributed by atoms with E-state index in [-0.39, 0.29) is 0 Å². The topological polar surface area (TPSA) is 38.7 Å². The maximum atomic E-state index is 5.23. The third-order valence-electron chi connectivity index (χ3n) is 11.2. The molecule has 3 nitrogen and oxygen atoms in total. The van der Waals surface area contributed by atoms with E-state index in [1.54, 1.807) is 0 Å². The smallest absolute Gasteiger partial charge is 0.164 e. The molecule has 0 N–H and O–H groups in total. The minimum absolute atomic E-state index is 0.519. The van der Waals surface area contributed by atoms with Crippen LogP contribution < -0.4 is 0 Å². The fraction of sp³-hybridized carbons (Fsp3) is 0.0192. The summed E-state index contributed by atoms with van der Waals surface area (Å²) in [5.74, 6) is 1.92. The van der Waals surface area contributed by atoms with Gasteiger partial charge in [-0.1, -0.05) is 182 Å². The molecule has 56 heavy (non-hydrogen) atoms. The quantitative estimate of drug-likeness (QED) is 0.171. The van der Waals surface area contributed by atoms with Crippen molar-refractivity contribution >= 4 is 31.5 Å². The van der Waals surface area contributed by atoms with E-state index in [9.17, 15) is 0 Å². The third kappa shape index (κ3) is 5.07. The predicted octanol–water partition coefficient (Wildman–Crippen LogP) is 13.3. The van der Waals surface area contributed by atoms with Gasteiger partial charge in [-0.05, 0) is 62.7 Å². The first kappa shape index (κ1) is 32.4. The molecule has 0 bridgehead atoms. The van der Waals surface area contributed by atoms with Crippen LogP contribution in [0.2, 0.25) is 0 Å². The summed E-state index contributed by atoms with van der Waals surface area (Å²) < 4.78 is 2.60. The lowest BCUT2D eigenvalue weighted by Crippen LogP contribution is -2.28. The van der Waals surface area contributed by atoms with Crippen molar-refractivity contribution < 1.29 is 0 Å². The van der Waals surface area contributed by atoms with Gasteiger partial charge in [-0.3, -0.25) is 0 Å². The van der Waals surface area contributed by atoms with Gasteiger partial charge in [0.1, 0.15) is 0 Å². The Hall–Kier alpha value is -7.01. The molecule has 0 unspecified atom stereocenters. The Labute approximate surface area is 329 Å². The summed E-state index contributed by atoms with van der Waals surface area (Å²) in [6, 6.07) is 71.5. The largest absolute Gasteiger partial charge is 0.208 e. The summed E-state index contributed by atoms with van der Waals surface area (Å²) in [7, 11) is 0. The monoisotopic (exact) mass is 731 g/mol. The molecule has 0 spiro atoms. The summed E-state index contributed by atoms with van der Waals surface area (Å²) in [6.45, 7) is 0. The van der Waals surface area contributed by atoms with Gasteiger partial charge in [0.15, 0.2) is 17.5 Å². The maximum absolute atomic E-state index is 5.23. The lowest BCUT2D eigenvalue weighted by molar-refractivity contribution is 0.768.